The molecule has 3 nitrogen and oxygen atoms in total. The van der Waals surface area contributed by atoms with Crippen molar-refractivity contribution in [3.05, 3.63) is 53.1 Å². The third-order valence-corrected chi connectivity index (χ3v) is 4.72. The number of hydrogen-bond acceptors (Lipinski definition) is 3. The van der Waals surface area contributed by atoms with Crippen LogP contribution in [-0.4, -0.2) is 19.7 Å². The molecule has 0 radical (unpaired) electrons. The second-order valence-electron chi connectivity index (χ2n) is 5.24. The van der Waals surface area contributed by atoms with Crippen molar-refractivity contribution in [1.82, 2.24) is 0 Å². The molecule has 1 unspecified atom stereocenters. The fraction of sp³-hybridized carbons (Fsp3) is 0.235. The van der Waals surface area contributed by atoms with Gasteiger partial charge in [0.2, 0.25) is 0 Å². The third-order valence-electron chi connectivity index (χ3n) is 3.56. The van der Waals surface area contributed by atoms with E-state index in [4.69, 9.17) is 9.47 Å². The molecule has 0 amide bonds. The van der Waals surface area contributed by atoms with Gasteiger partial charge in [-0.05, 0) is 32.8 Å². The van der Waals surface area contributed by atoms with Crippen molar-refractivity contribution < 1.29 is 60.9 Å². The molecule has 0 aromatic heterocycles. The van der Waals surface area contributed by atoms with Crippen LogP contribution < -0.4 is 33.6 Å². The summed E-state index contributed by atoms with van der Waals surface area (Å²) in [7, 11) is 1.62. The van der Waals surface area contributed by atoms with Gasteiger partial charge >= 0.3 is 31.2 Å². The van der Waals surface area contributed by atoms with Gasteiger partial charge in [-0.25, -0.2) is 0 Å². The molecule has 11 heteroatoms. The van der Waals surface area contributed by atoms with E-state index in [1.807, 2.05) is 0 Å². The molecule has 148 valence electrons. The Hall–Kier alpha value is -1.68. The summed E-state index contributed by atoms with van der Waals surface area (Å²) < 4.78 is 89.2. The van der Waals surface area contributed by atoms with Crippen molar-refractivity contribution in [3.8, 4) is 11.5 Å². The van der Waals surface area contributed by atoms with Crippen LogP contribution in [0.1, 0.15) is 22.9 Å². The van der Waals surface area contributed by atoms with Crippen molar-refractivity contribution in [2.75, 3.05) is 14.2 Å². The van der Waals surface area contributed by atoms with Crippen LogP contribution in [0.3, 0.4) is 0 Å². The van der Waals surface area contributed by atoms with Gasteiger partial charge in [0.05, 0.1) is 25.3 Å². The number of benzene rings is 2. The summed E-state index contributed by atoms with van der Waals surface area (Å²) in [6.45, 7) is 0. The Morgan fingerprint density at radius 1 is 0.929 bits per heavy atom. The average molecular weight is 418 g/mol. The maximum atomic E-state index is 13.2. The average Bonchev–Trinajstić information content (AvgIpc) is 2.59. The van der Waals surface area contributed by atoms with E-state index in [9.17, 15) is 31.1 Å². The minimum absolute atomic E-state index is 0. The first-order chi connectivity index (χ1) is 12.5. The zero-order valence-electron chi connectivity index (χ0n) is 16.0. The fourth-order valence-electron chi connectivity index (χ4n) is 2.36. The van der Waals surface area contributed by atoms with E-state index in [0.717, 1.165) is 0 Å². The second kappa shape index (κ2) is 9.21. The molecule has 1 atom stereocenters. The molecule has 28 heavy (non-hydrogen) atoms. The molecule has 0 fully saturated rings. The van der Waals surface area contributed by atoms with Gasteiger partial charge < -0.3 is 10.9 Å². The molecule has 0 aliphatic rings. The van der Waals surface area contributed by atoms with Gasteiger partial charge in [-0.1, -0.05) is 6.07 Å². The standard InChI is InChI=1S/C17H13F6O3P.Li.H/c1-25-9-6-7-13(12(8-9)26-2)27-15(24)14-10(16(18,19)20)4-3-5-11(14)17(21,22)23;;/h3-8,27H,1-2H3;;/q;+1;-1. The van der Waals surface area contributed by atoms with Gasteiger partial charge in [0.1, 0.15) is 11.5 Å². The van der Waals surface area contributed by atoms with E-state index < -0.39 is 43.1 Å². The van der Waals surface area contributed by atoms with Gasteiger partial charge in [0, 0.05) is 16.9 Å². The minimum Gasteiger partial charge on any atom is -1.00 e. The summed E-state index contributed by atoms with van der Waals surface area (Å²) in [5.41, 5.74) is -5.93. The Balaban J connectivity index is 0.00000392. The van der Waals surface area contributed by atoms with Crippen LogP contribution in [0.15, 0.2) is 36.4 Å². The number of rotatable bonds is 5. The van der Waals surface area contributed by atoms with Gasteiger partial charge in [0.25, 0.3) is 0 Å². The fourth-order valence-corrected chi connectivity index (χ4v) is 3.46. The van der Waals surface area contributed by atoms with Crippen LogP contribution in [0.4, 0.5) is 26.3 Å². The van der Waals surface area contributed by atoms with Crippen LogP contribution >= 0.6 is 8.58 Å². The van der Waals surface area contributed by atoms with Crippen molar-refractivity contribution in [3.63, 3.8) is 0 Å². The zero-order chi connectivity index (χ0) is 20.4. The van der Waals surface area contributed by atoms with E-state index in [1.54, 1.807) is 0 Å². The molecule has 0 aliphatic carbocycles. The molecule has 0 saturated heterocycles. The zero-order valence-corrected chi connectivity index (χ0v) is 16.0. The molecule has 0 bridgehead atoms. The summed E-state index contributed by atoms with van der Waals surface area (Å²) in [6.07, 6.45) is -10.2. The van der Waals surface area contributed by atoms with Gasteiger partial charge in [-0.2, -0.15) is 26.3 Å². The van der Waals surface area contributed by atoms with Gasteiger partial charge in [-0.15, -0.1) is 0 Å². The third kappa shape index (κ3) is 5.44. The van der Waals surface area contributed by atoms with Crippen molar-refractivity contribution in [1.29, 1.82) is 0 Å². The number of hydrogen-bond donors (Lipinski definition) is 0. The minimum atomic E-state index is -5.11. The summed E-state index contributed by atoms with van der Waals surface area (Å²) in [5.74, 6) is 0.485. The summed E-state index contributed by atoms with van der Waals surface area (Å²) >= 11 is 0. The number of ether oxygens (including phenoxy) is 2. The van der Waals surface area contributed by atoms with Crippen molar-refractivity contribution in [2.45, 2.75) is 12.4 Å². The Kier molecular flexibility index (Phi) is 8.01. The molecule has 0 heterocycles. The maximum Gasteiger partial charge on any atom is 1.00 e. The van der Waals surface area contributed by atoms with E-state index in [1.165, 1.54) is 32.4 Å². The number of carbonyl (C=O) groups is 1. The quantitative estimate of drug-likeness (QED) is 0.424. The van der Waals surface area contributed by atoms with Crippen LogP contribution in [0.5, 0.6) is 11.5 Å². The molecule has 2 aromatic rings. The summed E-state index contributed by atoms with van der Waals surface area (Å²) in [6, 6.07) is 5.71. The van der Waals surface area contributed by atoms with Gasteiger partial charge in [0.15, 0.2) is 5.52 Å². The Labute approximate surface area is 171 Å². The predicted octanol–water partition coefficient (Wildman–Crippen LogP) is 2.00. The number of carbonyl (C=O) groups excluding carboxylic acids is 1. The predicted molar refractivity (Wildman–Crippen MR) is 89.4 cm³/mol. The topological polar surface area (TPSA) is 35.5 Å². The summed E-state index contributed by atoms with van der Waals surface area (Å²) in [5, 5.41) is 0.161. The molecule has 0 aliphatic heterocycles. The molecular formula is C17H14F6LiO3P. The largest absolute Gasteiger partial charge is 1.00 e. The molecule has 2 rings (SSSR count). The number of methoxy groups -OCH3 is 2. The van der Waals surface area contributed by atoms with Crippen LogP contribution in [0.25, 0.3) is 0 Å². The first-order valence-corrected chi connectivity index (χ1v) is 8.29. The molecule has 0 saturated carbocycles. The molecular weight excluding hydrogens is 404 g/mol. The van der Waals surface area contributed by atoms with Crippen LogP contribution in [0, 0.1) is 0 Å². The number of alkyl halides is 6. The Morgan fingerprint density at radius 2 is 1.46 bits per heavy atom. The first kappa shape index (κ1) is 24.4. The monoisotopic (exact) mass is 418 g/mol. The number of halogens is 6. The normalized spacial score (nSPS) is 12.0. The molecule has 0 spiro atoms. The van der Waals surface area contributed by atoms with E-state index >= 15 is 0 Å². The Morgan fingerprint density at radius 3 is 1.89 bits per heavy atom. The van der Waals surface area contributed by atoms with Crippen LogP contribution in [0.2, 0.25) is 0 Å². The van der Waals surface area contributed by atoms with Crippen molar-refractivity contribution >= 4 is 19.4 Å². The second-order valence-corrected chi connectivity index (χ2v) is 6.49. The van der Waals surface area contributed by atoms with E-state index in [2.05, 4.69) is 0 Å². The molecule has 0 N–H and O–H groups in total. The van der Waals surface area contributed by atoms with E-state index in [0.29, 0.717) is 23.9 Å². The molecule has 2 aromatic carbocycles. The smallest absolute Gasteiger partial charge is 1.00 e. The SMILES string of the molecule is COc1ccc(PC(=O)c2c(C(F)(F)F)cccc2C(F)(F)F)c(OC)c1.[H-].[Li+]. The van der Waals surface area contributed by atoms with Gasteiger partial charge in [-0.3, -0.25) is 4.79 Å². The van der Waals surface area contributed by atoms with E-state index in [-0.39, 0.29) is 31.3 Å². The van der Waals surface area contributed by atoms with Crippen molar-refractivity contribution in [2.24, 2.45) is 0 Å². The Bertz CT molecular complexity index is 826. The van der Waals surface area contributed by atoms with Crippen LogP contribution in [-0.2, 0) is 12.4 Å². The summed E-state index contributed by atoms with van der Waals surface area (Å²) in [4.78, 5) is 12.5. The maximum absolute atomic E-state index is 13.2. The first-order valence-electron chi connectivity index (χ1n) is 7.29.